The molecule has 0 atom stereocenters. The molecule has 1 nitrogen and oxygen atoms in total. The second kappa shape index (κ2) is 26.2. The number of rotatable bonds is 0. The van der Waals surface area contributed by atoms with Crippen molar-refractivity contribution in [3.8, 4) is 0 Å². The first-order valence-electron chi connectivity index (χ1n) is 6.98. The second-order valence-electron chi connectivity index (χ2n) is 3.05. The van der Waals surface area contributed by atoms with Gasteiger partial charge in [0.1, 0.15) is 0 Å². The van der Waals surface area contributed by atoms with Crippen LogP contribution in [0.25, 0.3) is 0 Å². The molecule has 0 saturated heterocycles. The van der Waals surface area contributed by atoms with Gasteiger partial charge >= 0.3 is 0 Å². The molecule has 0 heterocycles. The molecule has 2 heteroatoms. The topological polar surface area (TPSA) is 17.1 Å². The predicted octanol–water partition coefficient (Wildman–Crippen LogP) is 5.42. The van der Waals surface area contributed by atoms with Crippen LogP contribution in [0.4, 0.5) is 0 Å². The van der Waals surface area contributed by atoms with Crippen LogP contribution in [0.15, 0.2) is 72.8 Å². The lowest BCUT2D eigenvalue weighted by atomic mass is 10.4. The summed E-state index contributed by atoms with van der Waals surface area (Å²) in [6, 6.07) is 24.0. The summed E-state index contributed by atoms with van der Waals surface area (Å²) < 4.78 is 9.56. The van der Waals surface area contributed by atoms with Gasteiger partial charge in [0.15, 0.2) is 0 Å². The standard InChI is InChI=1S/2C6H6.C2H6OS.2C2H6/c2*1-2-4-6-5-3-1;1-4(2)3;2*1-2/h2*1-6H;1-2H3;2*1-2H3. The van der Waals surface area contributed by atoms with Gasteiger partial charge in [-0.3, -0.25) is 4.21 Å². The minimum Gasteiger partial charge on any atom is -0.260 e. The maximum Gasteiger partial charge on any atom is 0.0148 e. The van der Waals surface area contributed by atoms with Gasteiger partial charge in [-0.05, 0) is 0 Å². The van der Waals surface area contributed by atoms with E-state index in [-0.39, 0.29) is 0 Å². The third-order valence-electron chi connectivity index (χ3n) is 1.33. The molecule has 0 N–H and O–H groups in total. The normalized spacial score (nSPS) is 7.15. The van der Waals surface area contributed by atoms with Gasteiger partial charge in [0.25, 0.3) is 0 Å². The van der Waals surface area contributed by atoms with E-state index >= 15 is 0 Å². The van der Waals surface area contributed by atoms with Crippen molar-refractivity contribution in [2.45, 2.75) is 27.7 Å². The van der Waals surface area contributed by atoms with Crippen molar-refractivity contribution < 1.29 is 4.21 Å². The Morgan fingerprint density at radius 2 is 0.500 bits per heavy atom. The van der Waals surface area contributed by atoms with Crippen LogP contribution in [0.3, 0.4) is 0 Å². The smallest absolute Gasteiger partial charge is 0.0148 e. The quantitative estimate of drug-likeness (QED) is 0.634. The van der Waals surface area contributed by atoms with Crippen LogP contribution in [0.1, 0.15) is 27.7 Å². The number of hydrogen-bond donors (Lipinski definition) is 0. The highest BCUT2D eigenvalue weighted by atomic mass is 32.2. The van der Waals surface area contributed by atoms with E-state index in [1.165, 1.54) is 0 Å². The van der Waals surface area contributed by atoms with Crippen LogP contribution < -0.4 is 0 Å². The SMILES string of the molecule is CC.CC.CS(C)=O.c1ccccc1.c1ccccc1. The Hall–Kier alpha value is -1.41. The van der Waals surface area contributed by atoms with Gasteiger partial charge in [-0.25, -0.2) is 0 Å². The Balaban J connectivity index is -0.000000196. The minimum absolute atomic E-state index is 0.611. The van der Waals surface area contributed by atoms with Crippen LogP contribution in [0, 0.1) is 0 Å². The van der Waals surface area contributed by atoms with Gasteiger partial charge in [-0.15, -0.1) is 0 Å². The van der Waals surface area contributed by atoms with E-state index < -0.39 is 10.8 Å². The monoisotopic (exact) mass is 294 g/mol. The van der Waals surface area contributed by atoms with Crippen LogP contribution in [-0.4, -0.2) is 16.7 Å². The Bertz CT molecular complexity index is 257. The van der Waals surface area contributed by atoms with Crippen molar-refractivity contribution in [1.82, 2.24) is 0 Å². The van der Waals surface area contributed by atoms with E-state index in [0.717, 1.165) is 0 Å². The number of hydrogen-bond acceptors (Lipinski definition) is 1. The Labute approximate surface area is 128 Å². The van der Waals surface area contributed by atoms with Crippen molar-refractivity contribution >= 4 is 10.8 Å². The van der Waals surface area contributed by atoms with Crippen LogP contribution in [0.2, 0.25) is 0 Å². The molecule has 114 valence electrons. The van der Waals surface area contributed by atoms with E-state index in [2.05, 4.69) is 0 Å². The molecule has 0 aliphatic carbocycles. The molecule has 2 aromatic rings. The Morgan fingerprint density at radius 1 is 0.450 bits per heavy atom. The molecule has 0 amide bonds. The van der Waals surface area contributed by atoms with E-state index in [9.17, 15) is 4.21 Å². The summed E-state index contributed by atoms with van der Waals surface area (Å²) >= 11 is 0. The lowest BCUT2D eigenvalue weighted by Crippen LogP contribution is -1.70. The number of benzene rings is 2. The van der Waals surface area contributed by atoms with Crippen molar-refractivity contribution in [2.75, 3.05) is 12.5 Å². The summed E-state index contributed by atoms with van der Waals surface area (Å²) in [5.74, 6) is 0. The van der Waals surface area contributed by atoms with Crippen molar-refractivity contribution in [3.05, 3.63) is 72.8 Å². The first-order valence-corrected chi connectivity index (χ1v) is 8.95. The highest BCUT2D eigenvalue weighted by Gasteiger charge is 1.58. The van der Waals surface area contributed by atoms with E-state index in [1.807, 2.05) is 100 Å². The van der Waals surface area contributed by atoms with Gasteiger partial charge in [0, 0.05) is 23.3 Å². The highest BCUT2D eigenvalue weighted by Crippen LogP contribution is 1.80. The van der Waals surface area contributed by atoms with E-state index in [0.29, 0.717) is 0 Å². The van der Waals surface area contributed by atoms with Gasteiger partial charge in [0.05, 0.1) is 0 Å². The fourth-order valence-electron chi connectivity index (χ4n) is 0.770. The van der Waals surface area contributed by atoms with Crippen LogP contribution >= 0.6 is 0 Å². The fourth-order valence-corrected chi connectivity index (χ4v) is 0.770. The molecule has 0 aliphatic rings. The third-order valence-corrected chi connectivity index (χ3v) is 1.33. The molecule has 0 aromatic heterocycles. The molecule has 20 heavy (non-hydrogen) atoms. The molecule has 0 unspecified atom stereocenters. The average Bonchev–Trinajstić information content (AvgIpc) is 2.55. The molecule has 0 fully saturated rings. The lowest BCUT2D eigenvalue weighted by molar-refractivity contribution is 0.690. The third kappa shape index (κ3) is 36.0. The summed E-state index contributed by atoms with van der Waals surface area (Å²) in [6.45, 7) is 8.00. The van der Waals surface area contributed by atoms with E-state index in [1.54, 1.807) is 12.5 Å². The molecular weight excluding hydrogens is 264 g/mol. The van der Waals surface area contributed by atoms with Crippen molar-refractivity contribution in [2.24, 2.45) is 0 Å². The summed E-state index contributed by atoms with van der Waals surface area (Å²) in [7, 11) is -0.611. The van der Waals surface area contributed by atoms with Crippen LogP contribution in [0.5, 0.6) is 0 Å². The van der Waals surface area contributed by atoms with E-state index in [4.69, 9.17) is 0 Å². The van der Waals surface area contributed by atoms with Gasteiger partial charge in [-0.2, -0.15) is 0 Å². The molecular formula is C18H30OS. The predicted molar refractivity (Wildman–Crippen MR) is 95.6 cm³/mol. The van der Waals surface area contributed by atoms with Gasteiger partial charge in [-0.1, -0.05) is 100 Å². The second-order valence-corrected chi connectivity index (χ2v) is 4.53. The Morgan fingerprint density at radius 3 is 0.550 bits per heavy atom. The minimum atomic E-state index is -0.611. The molecule has 0 bridgehead atoms. The van der Waals surface area contributed by atoms with Crippen molar-refractivity contribution in [3.63, 3.8) is 0 Å². The van der Waals surface area contributed by atoms with Gasteiger partial charge < -0.3 is 0 Å². The molecule has 2 aromatic carbocycles. The average molecular weight is 295 g/mol. The maximum absolute atomic E-state index is 9.56. The Kier molecular flexibility index (Phi) is 31.0. The van der Waals surface area contributed by atoms with Gasteiger partial charge in [0.2, 0.25) is 0 Å². The zero-order valence-corrected chi connectivity index (χ0v) is 14.6. The molecule has 0 spiro atoms. The van der Waals surface area contributed by atoms with Crippen LogP contribution in [-0.2, 0) is 10.8 Å². The molecule has 0 radical (unpaired) electrons. The largest absolute Gasteiger partial charge is 0.260 e. The summed E-state index contributed by atoms with van der Waals surface area (Å²) in [5, 5.41) is 0. The highest BCUT2D eigenvalue weighted by molar-refractivity contribution is 7.83. The van der Waals surface area contributed by atoms with Crippen molar-refractivity contribution in [1.29, 1.82) is 0 Å². The zero-order chi connectivity index (χ0) is 16.1. The summed E-state index contributed by atoms with van der Waals surface area (Å²) in [4.78, 5) is 0. The molecule has 0 saturated carbocycles. The molecule has 0 aliphatic heterocycles. The fraction of sp³-hybridized carbons (Fsp3) is 0.333. The summed E-state index contributed by atoms with van der Waals surface area (Å²) in [5.41, 5.74) is 0. The zero-order valence-electron chi connectivity index (χ0n) is 13.7. The molecule has 2 rings (SSSR count). The maximum atomic E-state index is 9.56. The summed E-state index contributed by atoms with van der Waals surface area (Å²) in [6.07, 6.45) is 3.28. The first-order chi connectivity index (χ1) is 9.73. The lowest BCUT2D eigenvalue weighted by Gasteiger charge is -1.69. The first kappa shape index (κ1) is 23.7.